The summed E-state index contributed by atoms with van der Waals surface area (Å²) in [5, 5.41) is 5.40. The molecular formula is C24H28ClNO2. The zero-order valence-electron chi connectivity index (χ0n) is 16.9. The molecule has 1 saturated heterocycles. The van der Waals surface area contributed by atoms with Gasteiger partial charge in [0.2, 0.25) is 0 Å². The molecule has 2 heterocycles. The first-order chi connectivity index (χ1) is 13.2. The maximum Gasteiger partial charge on any atom is 0.161 e. The lowest BCUT2D eigenvalue weighted by atomic mass is 9.84. The van der Waals surface area contributed by atoms with Gasteiger partial charge in [0.05, 0.1) is 14.2 Å². The second-order valence-corrected chi connectivity index (χ2v) is 7.91. The molecule has 0 N–H and O–H groups in total. The fourth-order valence-electron chi connectivity index (χ4n) is 5.16. The SMILES string of the molecule is CCc1ccc2c3c(c4cc(OC)c(OC)cc4c2c1)CN1CCC[C@H]1C3.Cl. The number of methoxy groups -OCH3 is 2. The third-order valence-electron chi connectivity index (χ3n) is 6.62. The van der Waals surface area contributed by atoms with E-state index in [2.05, 4.69) is 42.2 Å². The fourth-order valence-corrected chi connectivity index (χ4v) is 5.16. The summed E-state index contributed by atoms with van der Waals surface area (Å²) in [6.07, 6.45) is 4.88. The van der Waals surface area contributed by atoms with E-state index in [0.717, 1.165) is 24.5 Å². The van der Waals surface area contributed by atoms with E-state index in [1.165, 1.54) is 58.5 Å². The minimum Gasteiger partial charge on any atom is -0.493 e. The quantitative estimate of drug-likeness (QED) is 0.543. The van der Waals surface area contributed by atoms with Crippen LogP contribution in [0.4, 0.5) is 0 Å². The van der Waals surface area contributed by atoms with Gasteiger partial charge in [-0.3, -0.25) is 4.90 Å². The maximum absolute atomic E-state index is 5.64. The first-order valence-electron chi connectivity index (χ1n) is 10.1. The first-order valence-corrected chi connectivity index (χ1v) is 10.1. The molecular weight excluding hydrogens is 370 g/mol. The second kappa shape index (κ2) is 7.46. The molecule has 5 rings (SSSR count). The van der Waals surface area contributed by atoms with Crippen LogP contribution in [0, 0.1) is 0 Å². The maximum atomic E-state index is 5.64. The fraction of sp³-hybridized carbons (Fsp3) is 0.417. The Labute approximate surface area is 173 Å². The number of aryl methyl sites for hydroxylation is 1. The Balaban J connectivity index is 0.00000192. The van der Waals surface area contributed by atoms with Crippen LogP contribution in [0.1, 0.15) is 36.5 Å². The topological polar surface area (TPSA) is 21.7 Å². The van der Waals surface area contributed by atoms with E-state index in [1.807, 2.05) is 0 Å². The van der Waals surface area contributed by atoms with Gasteiger partial charge in [-0.25, -0.2) is 0 Å². The Morgan fingerprint density at radius 1 is 0.929 bits per heavy atom. The molecule has 2 aliphatic rings. The van der Waals surface area contributed by atoms with Crippen LogP contribution in [0.5, 0.6) is 11.5 Å². The number of hydrogen-bond acceptors (Lipinski definition) is 3. The molecule has 2 aliphatic heterocycles. The van der Waals surface area contributed by atoms with Gasteiger partial charge in [-0.1, -0.05) is 25.1 Å². The summed E-state index contributed by atoms with van der Waals surface area (Å²) >= 11 is 0. The van der Waals surface area contributed by atoms with Crippen molar-refractivity contribution in [3.05, 3.63) is 47.0 Å². The van der Waals surface area contributed by atoms with Gasteiger partial charge in [0.15, 0.2) is 11.5 Å². The molecule has 3 nitrogen and oxygen atoms in total. The van der Waals surface area contributed by atoms with Crippen molar-refractivity contribution in [3.8, 4) is 11.5 Å². The number of fused-ring (bicyclic) bond motifs is 7. The number of rotatable bonds is 3. The Hall–Kier alpha value is -1.97. The third-order valence-corrected chi connectivity index (χ3v) is 6.62. The molecule has 3 aromatic rings. The lowest BCUT2D eigenvalue weighted by molar-refractivity contribution is 0.229. The molecule has 28 heavy (non-hydrogen) atoms. The van der Waals surface area contributed by atoms with Gasteiger partial charge in [-0.05, 0) is 82.6 Å². The highest BCUT2D eigenvalue weighted by atomic mass is 35.5. The number of nitrogens with zero attached hydrogens (tertiary/aromatic N) is 1. The Morgan fingerprint density at radius 3 is 2.36 bits per heavy atom. The van der Waals surface area contributed by atoms with Crippen molar-refractivity contribution in [1.29, 1.82) is 0 Å². The third kappa shape index (κ3) is 2.84. The van der Waals surface area contributed by atoms with Crippen molar-refractivity contribution in [3.63, 3.8) is 0 Å². The predicted octanol–water partition coefficient (Wildman–Crippen LogP) is 5.51. The average Bonchev–Trinajstić information content (AvgIpc) is 3.18. The lowest BCUT2D eigenvalue weighted by Crippen LogP contribution is -2.35. The molecule has 3 aromatic carbocycles. The van der Waals surface area contributed by atoms with Gasteiger partial charge in [0.1, 0.15) is 0 Å². The van der Waals surface area contributed by atoms with E-state index >= 15 is 0 Å². The van der Waals surface area contributed by atoms with Gasteiger partial charge in [0.25, 0.3) is 0 Å². The van der Waals surface area contributed by atoms with Crippen LogP contribution in [0.3, 0.4) is 0 Å². The molecule has 0 spiro atoms. The number of halogens is 1. The zero-order valence-corrected chi connectivity index (χ0v) is 17.7. The zero-order chi connectivity index (χ0) is 18.5. The highest BCUT2D eigenvalue weighted by molar-refractivity contribution is 6.12. The molecule has 0 unspecified atom stereocenters. The smallest absolute Gasteiger partial charge is 0.161 e. The minimum absolute atomic E-state index is 0. The predicted molar refractivity (Wildman–Crippen MR) is 118 cm³/mol. The Morgan fingerprint density at radius 2 is 1.64 bits per heavy atom. The van der Waals surface area contributed by atoms with Crippen LogP contribution >= 0.6 is 12.4 Å². The summed E-state index contributed by atoms with van der Waals surface area (Å²) in [7, 11) is 3.44. The van der Waals surface area contributed by atoms with Crippen LogP contribution in [0.25, 0.3) is 21.5 Å². The summed E-state index contributed by atoms with van der Waals surface area (Å²) < 4.78 is 11.3. The molecule has 0 saturated carbocycles. The highest BCUT2D eigenvalue weighted by Gasteiger charge is 2.32. The van der Waals surface area contributed by atoms with Crippen LogP contribution in [-0.2, 0) is 19.4 Å². The molecule has 0 radical (unpaired) electrons. The number of hydrogen-bond donors (Lipinski definition) is 0. The summed E-state index contributed by atoms with van der Waals surface area (Å²) in [5.41, 5.74) is 4.42. The van der Waals surface area contributed by atoms with Crippen LogP contribution in [-0.4, -0.2) is 31.7 Å². The van der Waals surface area contributed by atoms with E-state index in [9.17, 15) is 0 Å². The largest absolute Gasteiger partial charge is 0.493 e. The minimum atomic E-state index is 0. The first kappa shape index (κ1) is 19.4. The lowest BCUT2D eigenvalue weighted by Gasteiger charge is -2.33. The van der Waals surface area contributed by atoms with E-state index in [-0.39, 0.29) is 12.4 Å². The van der Waals surface area contributed by atoms with E-state index < -0.39 is 0 Å². The summed E-state index contributed by atoms with van der Waals surface area (Å²) in [4.78, 5) is 2.67. The second-order valence-electron chi connectivity index (χ2n) is 7.91. The molecule has 1 fully saturated rings. The van der Waals surface area contributed by atoms with Gasteiger partial charge in [-0.15, -0.1) is 12.4 Å². The van der Waals surface area contributed by atoms with Crippen molar-refractivity contribution in [2.45, 2.75) is 45.2 Å². The summed E-state index contributed by atoms with van der Waals surface area (Å²) in [6.45, 7) is 4.50. The molecule has 0 amide bonds. The van der Waals surface area contributed by atoms with Crippen LogP contribution < -0.4 is 9.47 Å². The Kier molecular flexibility index (Phi) is 5.15. The summed E-state index contributed by atoms with van der Waals surface area (Å²) in [6, 6.07) is 12.1. The van der Waals surface area contributed by atoms with Crippen molar-refractivity contribution in [1.82, 2.24) is 4.90 Å². The molecule has 148 valence electrons. The standard InChI is InChI=1S/C24H27NO2.ClH/c1-4-15-7-8-17-18(10-15)20-12-23(26-2)24(27-3)13-21(20)22-14-25-9-5-6-16(25)11-19(17)22;/h7-8,10,12-13,16H,4-6,9,11,14H2,1-3H3;1H/t16-;/m0./s1. The van der Waals surface area contributed by atoms with Gasteiger partial charge in [0, 0.05) is 12.6 Å². The normalized spacial score (nSPS) is 18.6. The van der Waals surface area contributed by atoms with Gasteiger partial charge in [-0.2, -0.15) is 0 Å². The van der Waals surface area contributed by atoms with Crippen LogP contribution in [0.15, 0.2) is 30.3 Å². The van der Waals surface area contributed by atoms with Crippen molar-refractivity contribution in [2.24, 2.45) is 0 Å². The highest BCUT2D eigenvalue weighted by Crippen LogP contribution is 2.43. The number of ether oxygens (including phenoxy) is 2. The van der Waals surface area contributed by atoms with Gasteiger partial charge < -0.3 is 9.47 Å². The molecule has 0 aromatic heterocycles. The van der Waals surface area contributed by atoms with E-state index in [4.69, 9.17) is 9.47 Å². The molecule has 0 aliphatic carbocycles. The number of benzene rings is 3. The van der Waals surface area contributed by atoms with E-state index in [1.54, 1.807) is 19.8 Å². The average molecular weight is 398 g/mol. The summed E-state index contributed by atoms with van der Waals surface area (Å²) in [5.74, 6) is 1.63. The Bertz CT molecular complexity index is 1050. The molecule has 1 atom stereocenters. The van der Waals surface area contributed by atoms with Crippen LogP contribution in [0.2, 0.25) is 0 Å². The van der Waals surface area contributed by atoms with Crippen molar-refractivity contribution in [2.75, 3.05) is 20.8 Å². The molecule has 4 heteroatoms. The van der Waals surface area contributed by atoms with Gasteiger partial charge >= 0.3 is 0 Å². The van der Waals surface area contributed by atoms with E-state index in [0.29, 0.717) is 6.04 Å². The monoisotopic (exact) mass is 397 g/mol. The van der Waals surface area contributed by atoms with Crippen molar-refractivity contribution < 1.29 is 9.47 Å². The molecule has 0 bridgehead atoms. The van der Waals surface area contributed by atoms with Crippen molar-refractivity contribution >= 4 is 34.0 Å².